The predicted octanol–water partition coefficient (Wildman–Crippen LogP) is 3.46. The average molecular weight is 370 g/mol. The summed E-state index contributed by atoms with van der Waals surface area (Å²) in [6, 6.07) is 9.51. The van der Waals surface area contributed by atoms with E-state index in [0.717, 1.165) is 50.5 Å². The molecular weight excluding hydrogens is 334 g/mol. The third kappa shape index (κ3) is 4.91. The molecule has 3 fully saturated rings. The number of likely N-dealkylation sites (tertiary alicyclic amines) is 2. The molecule has 2 heterocycles. The fourth-order valence-corrected chi connectivity index (χ4v) is 5.09. The zero-order chi connectivity index (χ0) is 18.5. The summed E-state index contributed by atoms with van der Waals surface area (Å²) in [6.45, 7) is 5.45. The van der Waals surface area contributed by atoms with Gasteiger partial charge in [0.05, 0.1) is 0 Å². The number of amides is 1. The molecule has 1 aromatic rings. The Hall–Kier alpha value is -1.39. The second kappa shape index (κ2) is 9.20. The molecule has 0 spiro atoms. The van der Waals surface area contributed by atoms with Crippen LogP contribution in [0.3, 0.4) is 0 Å². The van der Waals surface area contributed by atoms with Crippen LogP contribution >= 0.6 is 0 Å². The van der Waals surface area contributed by atoms with Crippen LogP contribution in [0.2, 0.25) is 0 Å². The maximum Gasteiger partial charge on any atom is 0.254 e. The van der Waals surface area contributed by atoms with E-state index in [1.165, 1.54) is 57.2 Å². The van der Waals surface area contributed by atoms with Crippen molar-refractivity contribution in [2.75, 3.05) is 32.7 Å². The molecule has 2 saturated heterocycles. The van der Waals surface area contributed by atoms with E-state index in [-0.39, 0.29) is 5.91 Å². The smallest absolute Gasteiger partial charge is 0.254 e. The minimum Gasteiger partial charge on any atom is -0.334 e. The predicted molar refractivity (Wildman–Crippen MR) is 110 cm³/mol. The number of rotatable bonds is 7. The first-order valence-corrected chi connectivity index (χ1v) is 11.2. The molecule has 148 valence electrons. The van der Waals surface area contributed by atoms with Crippen molar-refractivity contribution in [1.29, 1.82) is 0 Å². The van der Waals surface area contributed by atoms with Crippen LogP contribution in [-0.2, 0) is 6.42 Å². The Balaban J connectivity index is 1.28. The highest BCUT2D eigenvalue weighted by molar-refractivity contribution is 5.94. The van der Waals surface area contributed by atoms with Crippen molar-refractivity contribution in [1.82, 2.24) is 15.1 Å². The van der Waals surface area contributed by atoms with E-state index in [9.17, 15) is 4.79 Å². The maximum absolute atomic E-state index is 13.0. The molecule has 0 aromatic heterocycles. The number of benzene rings is 1. The summed E-state index contributed by atoms with van der Waals surface area (Å²) < 4.78 is 0. The third-order valence-electron chi connectivity index (χ3n) is 6.71. The summed E-state index contributed by atoms with van der Waals surface area (Å²) in [5, 5.41) is 3.67. The van der Waals surface area contributed by atoms with Crippen LogP contribution < -0.4 is 5.32 Å². The van der Waals surface area contributed by atoms with Gasteiger partial charge in [-0.3, -0.25) is 4.79 Å². The summed E-state index contributed by atoms with van der Waals surface area (Å²) in [7, 11) is 0. The molecule has 4 heteroatoms. The van der Waals surface area contributed by atoms with Gasteiger partial charge in [-0.25, -0.2) is 0 Å². The summed E-state index contributed by atoms with van der Waals surface area (Å²) in [5.74, 6) is 0.229. The van der Waals surface area contributed by atoms with Crippen molar-refractivity contribution in [3.63, 3.8) is 0 Å². The second-order valence-electron chi connectivity index (χ2n) is 8.68. The maximum atomic E-state index is 13.0. The number of carbonyl (C=O) groups excluding carboxylic acids is 1. The van der Waals surface area contributed by atoms with Crippen molar-refractivity contribution < 1.29 is 4.79 Å². The van der Waals surface area contributed by atoms with E-state index >= 15 is 0 Å². The molecule has 0 radical (unpaired) electrons. The molecule has 1 aliphatic carbocycles. The first kappa shape index (κ1) is 18.9. The van der Waals surface area contributed by atoms with E-state index in [2.05, 4.69) is 27.2 Å². The van der Waals surface area contributed by atoms with Gasteiger partial charge in [0.1, 0.15) is 0 Å². The first-order chi connectivity index (χ1) is 13.3. The largest absolute Gasteiger partial charge is 0.334 e. The van der Waals surface area contributed by atoms with Crippen LogP contribution in [0.25, 0.3) is 0 Å². The molecular formula is C23H35N3O. The van der Waals surface area contributed by atoms with E-state index in [1.54, 1.807) is 0 Å². The van der Waals surface area contributed by atoms with Gasteiger partial charge in [0.15, 0.2) is 0 Å². The fourth-order valence-electron chi connectivity index (χ4n) is 5.09. The molecule has 27 heavy (non-hydrogen) atoms. The van der Waals surface area contributed by atoms with Crippen LogP contribution in [-0.4, -0.2) is 60.5 Å². The van der Waals surface area contributed by atoms with Gasteiger partial charge in [-0.05, 0) is 82.3 Å². The molecule has 4 rings (SSSR count). The Morgan fingerprint density at radius 2 is 1.67 bits per heavy atom. The Morgan fingerprint density at radius 1 is 0.926 bits per heavy atom. The number of carbonyl (C=O) groups is 1. The lowest BCUT2D eigenvalue weighted by molar-refractivity contribution is 0.0709. The number of nitrogens with zero attached hydrogens (tertiary/aromatic N) is 2. The van der Waals surface area contributed by atoms with E-state index < -0.39 is 0 Å². The topological polar surface area (TPSA) is 35.6 Å². The van der Waals surface area contributed by atoms with Crippen LogP contribution in [0, 0.1) is 0 Å². The molecule has 2 aliphatic heterocycles. The van der Waals surface area contributed by atoms with Crippen molar-refractivity contribution in [2.24, 2.45) is 0 Å². The Labute approximate surface area is 164 Å². The van der Waals surface area contributed by atoms with E-state index in [0.29, 0.717) is 6.04 Å². The fraction of sp³-hybridized carbons (Fsp3) is 0.696. The normalized spacial score (nSPS) is 24.1. The lowest BCUT2D eigenvalue weighted by atomic mass is 10.1. The monoisotopic (exact) mass is 369 g/mol. The van der Waals surface area contributed by atoms with Gasteiger partial charge in [0.25, 0.3) is 5.91 Å². The lowest BCUT2D eigenvalue weighted by Gasteiger charge is -2.28. The highest BCUT2D eigenvalue weighted by Gasteiger charge is 2.31. The average Bonchev–Trinajstić information content (AvgIpc) is 3.45. The summed E-state index contributed by atoms with van der Waals surface area (Å²) in [4.78, 5) is 17.7. The number of hydrogen-bond acceptors (Lipinski definition) is 3. The van der Waals surface area contributed by atoms with E-state index in [1.807, 2.05) is 12.1 Å². The number of hydrogen-bond donors (Lipinski definition) is 1. The van der Waals surface area contributed by atoms with Crippen LogP contribution in [0.1, 0.15) is 67.3 Å². The van der Waals surface area contributed by atoms with E-state index in [4.69, 9.17) is 0 Å². The molecule has 0 unspecified atom stereocenters. The molecule has 1 amide bonds. The van der Waals surface area contributed by atoms with Crippen LogP contribution in [0.5, 0.6) is 0 Å². The van der Waals surface area contributed by atoms with Crippen molar-refractivity contribution in [3.05, 3.63) is 35.4 Å². The Morgan fingerprint density at radius 3 is 2.41 bits per heavy atom. The zero-order valence-corrected chi connectivity index (χ0v) is 16.7. The Bertz CT molecular complexity index is 603. The molecule has 1 atom stereocenters. The lowest BCUT2D eigenvalue weighted by Crippen LogP contribution is -2.42. The molecule has 1 N–H and O–H groups in total. The van der Waals surface area contributed by atoms with Gasteiger partial charge in [-0.1, -0.05) is 25.0 Å². The van der Waals surface area contributed by atoms with Gasteiger partial charge in [-0.2, -0.15) is 0 Å². The van der Waals surface area contributed by atoms with Crippen LogP contribution in [0.15, 0.2) is 24.3 Å². The highest BCUT2D eigenvalue weighted by atomic mass is 16.2. The molecule has 4 nitrogen and oxygen atoms in total. The molecule has 3 aliphatic rings. The van der Waals surface area contributed by atoms with Crippen molar-refractivity contribution >= 4 is 5.91 Å². The Kier molecular flexibility index (Phi) is 6.46. The highest BCUT2D eigenvalue weighted by Crippen LogP contribution is 2.23. The standard InChI is InChI=1S/C23H35N3O/c27-23(26-17-5-8-22(26)18-25-15-3-4-16-25)20-11-9-19(10-12-20)13-14-24-21-6-1-2-7-21/h9-12,21-22,24H,1-8,13-18H2/t22-/m0/s1. The summed E-state index contributed by atoms with van der Waals surface area (Å²) in [6.07, 6.45) is 11.4. The first-order valence-electron chi connectivity index (χ1n) is 11.2. The van der Waals surface area contributed by atoms with Crippen molar-refractivity contribution in [3.8, 4) is 0 Å². The van der Waals surface area contributed by atoms with Gasteiger partial charge in [0, 0.05) is 30.7 Å². The minimum atomic E-state index is 0.229. The van der Waals surface area contributed by atoms with Crippen molar-refractivity contribution in [2.45, 2.75) is 69.9 Å². The van der Waals surface area contributed by atoms with Gasteiger partial charge in [-0.15, -0.1) is 0 Å². The van der Waals surface area contributed by atoms with Gasteiger partial charge >= 0.3 is 0 Å². The van der Waals surface area contributed by atoms with Gasteiger partial charge < -0.3 is 15.1 Å². The molecule has 1 saturated carbocycles. The third-order valence-corrected chi connectivity index (χ3v) is 6.71. The zero-order valence-electron chi connectivity index (χ0n) is 16.7. The van der Waals surface area contributed by atoms with Crippen LogP contribution in [0.4, 0.5) is 0 Å². The number of nitrogens with one attached hydrogen (secondary N) is 1. The quantitative estimate of drug-likeness (QED) is 0.799. The second-order valence-corrected chi connectivity index (χ2v) is 8.68. The summed E-state index contributed by atoms with van der Waals surface area (Å²) in [5.41, 5.74) is 2.18. The van der Waals surface area contributed by atoms with Gasteiger partial charge in [0.2, 0.25) is 0 Å². The molecule has 0 bridgehead atoms. The SMILES string of the molecule is O=C(c1ccc(CCNC2CCCC2)cc1)N1CCC[C@H]1CN1CCCC1. The minimum absolute atomic E-state index is 0.229. The summed E-state index contributed by atoms with van der Waals surface area (Å²) >= 11 is 0. The molecule has 1 aromatic carbocycles.